The smallest absolute Gasteiger partial charge is 0.263 e. The molecule has 2 aromatic carbocycles. The maximum absolute atomic E-state index is 14.0. The van der Waals surface area contributed by atoms with Crippen LogP contribution in [0.5, 0.6) is 0 Å². The van der Waals surface area contributed by atoms with Gasteiger partial charge in [-0.3, -0.25) is 121 Å². The van der Waals surface area contributed by atoms with Gasteiger partial charge in [0.05, 0.1) is 21.0 Å². The molecule has 0 saturated heterocycles. The lowest BCUT2D eigenvalue weighted by atomic mass is 9.61. The fourth-order valence-corrected chi connectivity index (χ4v) is 7.81. The Morgan fingerprint density at radius 3 is 1.13 bits per heavy atom. The van der Waals surface area contributed by atoms with Crippen LogP contribution in [0, 0.1) is 121 Å². The van der Waals surface area contributed by atoms with Gasteiger partial charge in [-0.05, 0) is 11.1 Å². The maximum atomic E-state index is 14.0. The van der Waals surface area contributed by atoms with Crippen molar-refractivity contribution in [1.29, 1.82) is 0 Å². The van der Waals surface area contributed by atoms with E-state index >= 15 is 0 Å². The van der Waals surface area contributed by atoms with Crippen LogP contribution in [0.15, 0.2) is 72.8 Å². The zero-order valence-corrected chi connectivity index (χ0v) is 28.7. The van der Waals surface area contributed by atoms with Gasteiger partial charge in [0.15, 0.2) is 0 Å². The summed E-state index contributed by atoms with van der Waals surface area (Å²) >= 11 is 0. The molecule has 2 aliphatic carbocycles. The van der Waals surface area contributed by atoms with Crippen LogP contribution < -0.4 is 5.32 Å². The second-order valence-corrected chi connectivity index (χ2v) is 12.3. The van der Waals surface area contributed by atoms with E-state index in [1.54, 1.807) is 0 Å². The van der Waals surface area contributed by atoms with Crippen LogP contribution in [-0.2, 0) is 0 Å². The summed E-state index contributed by atoms with van der Waals surface area (Å²) in [6.07, 6.45) is -1.81. The van der Waals surface area contributed by atoms with E-state index in [2.05, 4.69) is 0 Å². The fourth-order valence-electron chi connectivity index (χ4n) is 7.81. The Hall–Kier alpha value is -9.32. The molecule has 4 rings (SSSR count). The Morgan fingerprint density at radius 2 is 0.820 bits per heavy atom. The van der Waals surface area contributed by atoms with Crippen molar-refractivity contribution < 1.29 is 59.1 Å². The second kappa shape index (κ2) is 14.3. The van der Waals surface area contributed by atoms with Gasteiger partial charge in [-0.25, -0.2) is 0 Å². The summed E-state index contributed by atoms with van der Waals surface area (Å²) in [6.45, 7) is 0. The van der Waals surface area contributed by atoms with Gasteiger partial charge >= 0.3 is 46.1 Å². The first-order chi connectivity index (χ1) is 28.2. The zero-order valence-electron chi connectivity index (χ0n) is 28.7. The van der Waals surface area contributed by atoms with Gasteiger partial charge in [-0.2, -0.15) is 0 Å². The predicted molar refractivity (Wildman–Crippen MR) is 180 cm³/mol. The summed E-state index contributed by atoms with van der Waals surface area (Å²) in [4.78, 5) is 124. The molecule has 320 valence electrons. The predicted octanol–water partition coefficient (Wildman–Crippen LogP) is -0.994. The first-order valence-corrected chi connectivity index (χ1v) is 15.3. The maximum Gasteiger partial charge on any atom is 0.690 e. The molecule has 0 bridgehead atoms. The summed E-state index contributed by atoms with van der Waals surface area (Å²) in [5.41, 5.74) is -43.8. The van der Waals surface area contributed by atoms with E-state index in [1.807, 2.05) is 0 Å². The molecule has 4 atom stereocenters. The van der Waals surface area contributed by atoms with Crippen molar-refractivity contribution in [3.05, 3.63) is 205 Å². The largest absolute Gasteiger partial charge is 0.690 e. The molecule has 0 amide bonds. The Labute approximate surface area is 327 Å². The molecular weight excluding hydrogens is 854 g/mol. The van der Waals surface area contributed by atoms with Crippen LogP contribution in [0.1, 0.15) is 11.1 Å². The number of nitrogens with one attached hydrogen (secondary N) is 1. The molecule has 61 heavy (non-hydrogen) atoms. The van der Waals surface area contributed by atoms with E-state index in [-0.39, 0.29) is 0 Å². The number of nitro groups is 12. The van der Waals surface area contributed by atoms with Gasteiger partial charge < -0.3 is 0 Å². The van der Waals surface area contributed by atoms with Crippen molar-refractivity contribution in [3.63, 3.8) is 0 Å². The number of hydrogen-bond donors (Lipinski definition) is 1. The average Bonchev–Trinajstić information content (AvgIpc) is 3.15. The molecule has 0 aromatic heterocycles. The normalized spacial score (nSPS) is 24.3. The summed E-state index contributed by atoms with van der Waals surface area (Å²) < 4.78 is 0. The van der Waals surface area contributed by atoms with Crippen LogP contribution >= 0.6 is 0 Å². The molecule has 0 saturated carbocycles. The van der Waals surface area contributed by atoms with E-state index < -0.39 is 140 Å². The molecule has 37 nitrogen and oxygen atoms in total. The van der Waals surface area contributed by atoms with Crippen LogP contribution in [0.3, 0.4) is 0 Å². The highest BCUT2D eigenvalue weighted by atomic mass is 16.8. The molecule has 0 heterocycles. The minimum absolute atomic E-state index is 0.427. The molecular formula is C24H15N13O24. The molecule has 0 aliphatic heterocycles. The second-order valence-electron chi connectivity index (χ2n) is 12.3. The minimum Gasteiger partial charge on any atom is -0.263 e. The highest BCUT2D eigenvalue weighted by molar-refractivity contribution is 5.98. The van der Waals surface area contributed by atoms with E-state index in [9.17, 15) is 121 Å². The van der Waals surface area contributed by atoms with E-state index in [0.29, 0.717) is 41.7 Å². The summed E-state index contributed by atoms with van der Waals surface area (Å²) in [7, 11) is 0. The Kier molecular flexibility index (Phi) is 10.4. The molecule has 2 aromatic rings. The number of hydrogen-bond acceptors (Lipinski definition) is 25. The number of nitrogens with zero attached hydrogens (tertiary/aromatic N) is 12. The van der Waals surface area contributed by atoms with Gasteiger partial charge in [0, 0.05) is 22.0 Å². The Morgan fingerprint density at radius 1 is 0.426 bits per heavy atom. The average molecular weight is 869 g/mol. The topological polar surface area (TPSA) is 530 Å². The van der Waals surface area contributed by atoms with Crippen LogP contribution in [-0.4, -0.2) is 105 Å². The third-order valence-electron chi connectivity index (χ3n) is 9.97. The number of benzene rings is 2. The third kappa shape index (κ3) is 4.89. The monoisotopic (exact) mass is 869 g/mol. The van der Waals surface area contributed by atoms with Crippen molar-refractivity contribution in [2.45, 2.75) is 46.1 Å². The van der Waals surface area contributed by atoms with Crippen LogP contribution in [0.4, 0.5) is 0 Å². The minimum atomic E-state index is -6.51. The highest BCUT2D eigenvalue weighted by Crippen LogP contribution is 2.59. The first-order valence-electron chi connectivity index (χ1n) is 15.3. The molecule has 4 unspecified atom stereocenters. The lowest BCUT2D eigenvalue weighted by molar-refractivity contribution is -0.986. The van der Waals surface area contributed by atoms with Gasteiger partial charge in [-0.1, -0.05) is 60.7 Å². The zero-order chi connectivity index (χ0) is 46.6. The fraction of sp³-hybridized carbons (Fsp3) is 0.333. The van der Waals surface area contributed by atoms with Crippen molar-refractivity contribution in [2.75, 3.05) is 0 Å². The quantitative estimate of drug-likeness (QED) is 0.0915. The Bertz CT molecular complexity index is 2410. The van der Waals surface area contributed by atoms with Crippen molar-refractivity contribution in [2.24, 2.45) is 0 Å². The van der Waals surface area contributed by atoms with Crippen LogP contribution in [0.25, 0.3) is 11.1 Å². The van der Waals surface area contributed by atoms with Gasteiger partial charge in [-0.15, -0.1) is 5.32 Å². The lowest BCUT2D eigenvalue weighted by Gasteiger charge is -2.42. The summed E-state index contributed by atoms with van der Waals surface area (Å²) in [6, 6.07) is -1.50. The van der Waals surface area contributed by atoms with E-state index in [4.69, 9.17) is 0 Å². The van der Waals surface area contributed by atoms with Crippen molar-refractivity contribution in [3.8, 4) is 0 Å². The molecule has 0 radical (unpaired) electrons. The lowest BCUT2D eigenvalue weighted by Crippen LogP contribution is -2.96. The highest BCUT2D eigenvalue weighted by Gasteiger charge is 3.16. The van der Waals surface area contributed by atoms with Gasteiger partial charge in [0.1, 0.15) is 39.4 Å². The number of rotatable bonds is 16. The van der Waals surface area contributed by atoms with Gasteiger partial charge in [0.2, 0.25) is 0 Å². The molecule has 0 spiro atoms. The SMILES string of the molecule is O=[N+]([O-])C1C=CC(NC2([N+](=O)[O-])C(c3ccccc3)=C(c3ccccc3)C([N+](=O)[O-])C([N+](=O)[O-])([N+](=O)[O-])C2([N+](=O)[O-])[N+](=O)[O-])([N+](=O)[O-])C([N+](=O)[O-])([N+](=O)[O-])C1([N+](=O)[O-])[N+](=O)[O-]. The van der Waals surface area contributed by atoms with E-state index in [1.165, 1.54) is 0 Å². The molecule has 2 aliphatic rings. The molecule has 37 heteroatoms. The third-order valence-corrected chi connectivity index (χ3v) is 9.97. The molecule has 1 N–H and O–H groups in total. The summed E-state index contributed by atoms with van der Waals surface area (Å²) in [5.74, 6) is 0. The molecule has 0 fully saturated rings. The van der Waals surface area contributed by atoms with Crippen molar-refractivity contribution >= 4 is 11.1 Å². The van der Waals surface area contributed by atoms with E-state index in [0.717, 1.165) is 24.3 Å². The van der Waals surface area contributed by atoms with Crippen molar-refractivity contribution in [1.82, 2.24) is 5.32 Å². The summed E-state index contributed by atoms with van der Waals surface area (Å²) in [5, 5.41) is 158. The first kappa shape index (κ1) is 44.4. The van der Waals surface area contributed by atoms with Gasteiger partial charge in [0.25, 0.3) is 0 Å². The standard InChI is InChI=1S/C24H15N13O24/c38-26(39)15-11-12-19(28(42)43,23(34(54)55,35(56)57)21(15,30(46)47)31(48)49)25-20(29(44)45)17(14-9-5-2-6-10-14)16(13-7-3-1-4-8-13)18(27(40)41)22(32(50)51,33(52)53)24(20,36(58)59)37(60)61/h1-12,15,18,25H. The Balaban J connectivity index is 2.72. The van der Waals surface area contributed by atoms with Crippen LogP contribution in [0.2, 0.25) is 0 Å².